The minimum absolute atomic E-state index is 0. The van der Waals surface area contributed by atoms with E-state index in [0.29, 0.717) is 0 Å². The summed E-state index contributed by atoms with van der Waals surface area (Å²) in [5.41, 5.74) is 4.93. The Labute approximate surface area is 145 Å². The summed E-state index contributed by atoms with van der Waals surface area (Å²) >= 11 is 0. The van der Waals surface area contributed by atoms with Gasteiger partial charge in [0.05, 0.1) is 24.6 Å². The molecule has 138 valence electrons. The molecule has 11 heteroatoms. The fourth-order valence-electron chi connectivity index (χ4n) is 1.53. The highest BCUT2D eigenvalue weighted by atomic mass is 35.5. The molecule has 1 aromatic rings. The number of carbonyl (C=O) groups excluding carboxylic acids is 1. The fourth-order valence-corrected chi connectivity index (χ4v) is 2.54. The van der Waals surface area contributed by atoms with Gasteiger partial charge < -0.3 is 15.8 Å². The van der Waals surface area contributed by atoms with E-state index in [9.17, 15) is 22.0 Å². The Bertz CT molecular complexity index is 627. The van der Waals surface area contributed by atoms with Crippen molar-refractivity contribution < 1.29 is 26.7 Å². The number of rotatable bonds is 9. The number of methoxy groups -OCH3 is 1. The van der Waals surface area contributed by atoms with E-state index < -0.39 is 34.9 Å². The molecule has 0 radical (unpaired) electrons. The molecule has 4 N–H and O–H groups in total. The summed E-state index contributed by atoms with van der Waals surface area (Å²) in [6.07, 6.45) is 0. The molecule has 1 amide bonds. The van der Waals surface area contributed by atoms with Crippen molar-refractivity contribution >= 4 is 28.3 Å². The van der Waals surface area contributed by atoms with E-state index >= 15 is 0 Å². The molecule has 0 unspecified atom stereocenters. The van der Waals surface area contributed by atoms with Gasteiger partial charge in [0, 0.05) is 19.2 Å². The average molecular weight is 388 g/mol. The van der Waals surface area contributed by atoms with Crippen molar-refractivity contribution in [3.63, 3.8) is 0 Å². The zero-order chi connectivity index (χ0) is 17.5. The number of nitrogens with two attached hydrogens (primary N) is 1. The van der Waals surface area contributed by atoms with Crippen molar-refractivity contribution in [2.24, 2.45) is 5.73 Å². The molecular formula is C13H20ClF2N3O4S. The highest BCUT2D eigenvalue weighted by Crippen LogP contribution is 2.12. The van der Waals surface area contributed by atoms with Crippen LogP contribution in [-0.4, -0.2) is 53.6 Å². The van der Waals surface area contributed by atoms with Crippen molar-refractivity contribution in [1.82, 2.24) is 10.0 Å². The van der Waals surface area contributed by atoms with Crippen molar-refractivity contribution in [3.05, 3.63) is 29.8 Å². The van der Waals surface area contributed by atoms with Crippen LogP contribution < -0.4 is 15.8 Å². The Hall–Kier alpha value is -1.33. The first kappa shape index (κ1) is 22.7. The lowest BCUT2D eigenvalue weighted by molar-refractivity contribution is 0.0118. The lowest BCUT2D eigenvalue weighted by Gasteiger charge is -2.14. The van der Waals surface area contributed by atoms with Crippen molar-refractivity contribution in [1.29, 1.82) is 0 Å². The molecule has 0 aliphatic rings. The monoisotopic (exact) mass is 387 g/mol. The Morgan fingerprint density at radius 1 is 1.29 bits per heavy atom. The van der Waals surface area contributed by atoms with Gasteiger partial charge in [-0.3, -0.25) is 4.79 Å². The summed E-state index contributed by atoms with van der Waals surface area (Å²) in [7, 11) is -2.27. The zero-order valence-electron chi connectivity index (χ0n) is 12.9. The van der Waals surface area contributed by atoms with Crippen LogP contribution in [0.15, 0.2) is 29.2 Å². The fraction of sp³-hybridized carbons (Fsp3) is 0.462. The standard InChI is InChI=1S/C13H19F2N3O4S.ClH/c1-22-7-6-18-23(20,21)11-4-2-10(3-5-11)12(19)17-9-13(14,15)8-16;/h2-5,18H,6-9,16H2,1H3,(H,17,19);1H. The number of sulfonamides is 1. The van der Waals surface area contributed by atoms with Crippen LogP contribution in [-0.2, 0) is 14.8 Å². The minimum Gasteiger partial charge on any atom is -0.383 e. The summed E-state index contributed by atoms with van der Waals surface area (Å²) in [6, 6.07) is 4.90. The van der Waals surface area contributed by atoms with E-state index in [1.807, 2.05) is 5.32 Å². The first-order valence-electron chi connectivity index (χ1n) is 6.66. The van der Waals surface area contributed by atoms with Crippen LogP contribution in [0.5, 0.6) is 0 Å². The number of alkyl halides is 2. The SMILES string of the molecule is COCCNS(=O)(=O)c1ccc(C(=O)NCC(F)(F)CN)cc1.Cl. The normalized spacial score (nSPS) is 11.7. The third-order valence-electron chi connectivity index (χ3n) is 2.83. The maximum Gasteiger partial charge on any atom is 0.277 e. The summed E-state index contributed by atoms with van der Waals surface area (Å²) in [6.45, 7) is -1.44. The molecule has 0 aromatic heterocycles. The second-order valence-corrected chi connectivity index (χ2v) is 6.42. The smallest absolute Gasteiger partial charge is 0.277 e. The maximum atomic E-state index is 13.0. The van der Waals surface area contributed by atoms with Gasteiger partial charge in [0.2, 0.25) is 10.0 Å². The van der Waals surface area contributed by atoms with Gasteiger partial charge in [0.25, 0.3) is 11.8 Å². The second-order valence-electron chi connectivity index (χ2n) is 4.66. The van der Waals surface area contributed by atoms with Gasteiger partial charge in [-0.2, -0.15) is 0 Å². The predicted octanol–water partition coefficient (Wildman–Crippen LogP) is 0.357. The maximum absolute atomic E-state index is 13.0. The van der Waals surface area contributed by atoms with Crippen molar-refractivity contribution in [3.8, 4) is 0 Å². The number of hydrogen-bond acceptors (Lipinski definition) is 5. The summed E-state index contributed by atoms with van der Waals surface area (Å²) in [5, 5.41) is 2.04. The third kappa shape index (κ3) is 7.05. The van der Waals surface area contributed by atoms with E-state index in [0.717, 1.165) is 0 Å². The van der Waals surface area contributed by atoms with Crippen LogP contribution in [0.3, 0.4) is 0 Å². The Morgan fingerprint density at radius 3 is 2.38 bits per heavy atom. The van der Waals surface area contributed by atoms with Crippen LogP contribution in [0.2, 0.25) is 0 Å². The Kier molecular flexibility index (Phi) is 9.30. The summed E-state index contributed by atoms with van der Waals surface area (Å²) in [5.74, 6) is -3.93. The number of hydrogen-bond donors (Lipinski definition) is 3. The molecule has 0 aliphatic heterocycles. The number of ether oxygens (including phenoxy) is 1. The van der Waals surface area contributed by atoms with Gasteiger partial charge in [-0.1, -0.05) is 0 Å². The van der Waals surface area contributed by atoms with E-state index in [1.165, 1.54) is 31.4 Å². The predicted molar refractivity (Wildman–Crippen MR) is 87.1 cm³/mol. The van der Waals surface area contributed by atoms with Crippen LogP contribution in [0.1, 0.15) is 10.4 Å². The molecule has 0 saturated heterocycles. The highest BCUT2D eigenvalue weighted by Gasteiger charge is 2.27. The first-order chi connectivity index (χ1) is 10.7. The lowest BCUT2D eigenvalue weighted by atomic mass is 10.2. The average Bonchev–Trinajstić information content (AvgIpc) is 2.53. The Morgan fingerprint density at radius 2 is 1.88 bits per heavy atom. The largest absolute Gasteiger partial charge is 0.383 e. The van der Waals surface area contributed by atoms with Gasteiger partial charge >= 0.3 is 0 Å². The first-order valence-corrected chi connectivity index (χ1v) is 8.15. The number of nitrogens with one attached hydrogen (secondary N) is 2. The zero-order valence-corrected chi connectivity index (χ0v) is 14.6. The summed E-state index contributed by atoms with van der Waals surface area (Å²) in [4.78, 5) is 11.7. The molecule has 7 nitrogen and oxygen atoms in total. The molecule has 0 atom stereocenters. The number of benzene rings is 1. The second kappa shape index (κ2) is 9.84. The van der Waals surface area contributed by atoms with Crippen LogP contribution >= 0.6 is 12.4 Å². The molecule has 0 saturated carbocycles. The quantitative estimate of drug-likeness (QED) is 0.530. The molecule has 0 fully saturated rings. The van der Waals surface area contributed by atoms with Crippen LogP contribution in [0.25, 0.3) is 0 Å². The molecule has 0 spiro atoms. The molecule has 1 rings (SSSR count). The van der Waals surface area contributed by atoms with E-state index in [2.05, 4.69) is 4.72 Å². The summed E-state index contributed by atoms with van der Waals surface area (Å²) < 4.78 is 56.8. The van der Waals surface area contributed by atoms with E-state index in [4.69, 9.17) is 10.5 Å². The number of amides is 1. The number of halogens is 3. The minimum atomic E-state index is -3.71. The van der Waals surface area contributed by atoms with Gasteiger partial charge in [-0.15, -0.1) is 12.4 Å². The third-order valence-corrected chi connectivity index (χ3v) is 4.31. The molecule has 0 aliphatic carbocycles. The van der Waals surface area contributed by atoms with Gasteiger partial charge in [0.15, 0.2) is 0 Å². The van der Waals surface area contributed by atoms with Crippen molar-refractivity contribution in [2.45, 2.75) is 10.8 Å². The van der Waals surface area contributed by atoms with Gasteiger partial charge in [-0.25, -0.2) is 21.9 Å². The molecule has 1 aromatic carbocycles. The molecule has 24 heavy (non-hydrogen) atoms. The lowest BCUT2D eigenvalue weighted by Crippen LogP contribution is -2.41. The molecule has 0 heterocycles. The molecular weight excluding hydrogens is 368 g/mol. The van der Waals surface area contributed by atoms with Crippen molar-refractivity contribution in [2.75, 3.05) is 33.4 Å². The van der Waals surface area contributed by atoms with Gasteiger partial charge in [-0.05, 0) is 24.3 Å². The van der Waals surface area contributed by atoms with Gasteiger partial charge in [0.1, 0.15) is 0 Å². The van der Waals surface area contributed by atoms with E-state index in [-0.39, 0.29) is 36.0 Å². The highest BCUT2D eigenvalue weighted by molar-refractivity contribution is 7.89. The van der Waals surface area contributed by atoms with Crippen LogP contribution in [0, 0.1) is 0 Å². The van der Waals surface area contributed by atoms with Crippen LogP contribution in [0.4, 0.5) is 8.78 Å². The molecule has 0 bridgehead atoms. The van der Waals surface area contributed by atoms with E-state index in [1.54, 1.807) is 0 Å². The topological polar surface area (TPSA) is 111 Å². The Balaban J connectivity index is 0.00000529. The number of carbonyl (C=O) groups is 1.